The van der Waals surface area contributed by atoms with Crippen LogP contribution < -0.4 is 16.0 Å². The van der Waals surface area contributed by atoms with E-state index in [-0.39, 0.29) is 5.91 Å². The molecule has 4 N–H and O–H groups in total. The van der Waals surface area contributed by atoms with Crippen LogP contribution in [-0.4, -0.2) is 30.2 Å². The molecule has 3 rings (SSSR count). The molecule has 144 valence electrons. The zero-order valence-electron chi connectivity index (χ0n) is 15.9. The quantitative estimate of drug-likeness (QED) is 0.648. The summed E-state index contributed by atoms with van der Waals surface area (Å²) in [4.78, 5) is 28.6. The summed E-state index contributed by atoms with van der Waals surface area (Å²) in [7, 11) is 0. The Kier molecular flexibility index (Phi) is 6.24. The molecule has 0 saturated carbocycles. The normalized spacial score (nSPS) is 16.2. The number of rotatable bonds is 6. The van der Waals surface area contributed by atoms with Gasteiger partial charge >= 0.3 is 0 Å². The highest BCUT2D eigenvalue weighted by atomic mass is 32.2. The lowest BCUT2D eigenvalue weighted by Gasteiger charge is -2.27. The molecule has 0 aliphatic carbocycles. The molecule has 5 nitrogen and oxygen atoms in total. The van der Waals surface area contributed by atoms with Gasteiger partial charge in [-0.15, -0.1) is 23.1 Å². The fourth-order valence-electron chi connectivity index (χ4n) is 3.41. The molecule has 2 aromatic rings. The first-order valence-corrected chi connectivity index (χ1v) is 11.0. The summed E-state index contributed by atoms with van der Waals surface area (Å²) < 4.78 is 0. The monoisotopic (exact) mass is 404 g/mol. The fraction of sp³-hybridized carbons (Fsp3) is 0.400. The number of carbonyl (C=O) groups excluding carboxylic acids is 2. The molecule has 1 aliphatic heterocycles. The van der Waals surface area contributed by atoms with Crippen molar-refractivity contribution in [2.75, 3.05) is 17.6 Å². The number of anilines is 1. The topological polar surface area (TPSA) is 76.6 Å². The summed E-state index contributed by atoms with van der Waals surface area (Å²) in [6.07, 6.45) is 0.816. The van der Waals surface area contributed by atoms with Crippen molar-refractivity contribution < 1.29 is 14.5 Å². The predicted octanol–water partition coefficient (Wildman–Crippen LogP) is 2.56. The van der Waals surface area contributed by atoms with Crippen LogP contribution in [0.3, 0.4) is 0 Å². The lowest BCUT2D eigenvalue weighted by atomic mass is 10.0. The molecule has 27 heavy (non-hydrogen) atoms. The van der Waals surface area contributed by atoms with E-state index in [1.165, 1.54) is 16.2 Å². The fourth-order valence-corrected chi connectivity index (χ4v) is 5.43. The van der Waals surface area contributed by atoms with Gasteiger partial charge in [0.2, 0.25) is 0 Å². The molecule has 0 radical (unpaired) electrons. The number of benzene rings is 1. The SMILES string of the molecule is CCSc1cccc(C(=O)Nc2sc3c(c2C(N)=O)CC[NH+](C(C)C)C3)c1. The number of thioether (sulfide) groups is 1. The first kappa shape index (κ1) is 19.9. The van der Waals surface area contributed by atoms with E-state index in [1.54, 1.807) is 17.8 Å². The van der Waals surface area contributed by atoms with Crippen LogP contribution in [0.1, 0.15) is 51.9 Å². The van der Waals surface area contributed by atoms with Crippen molar-refractivity contribution in [1.29, 1.82) is 0 Å². The number of thiophene rings is 1. The summed E-state index contributed by atoms with van der Waals surface area (Å²) in [6, 6.07) is 8.06. The van der Waals surface area contributed by atoms with Crippen LogP contribution in [0, 0.1) is 0 Å². The Morgan fingerprint density at radius 2 is 2.15 bits per heavy atom. The van der Waals surface area contributed by atoms with Gasteiger partial charge in [0, 0.05) is 16.9 Å². The van der Waals surface area contributed by atoms with Crippen molar-refractivity contribution >= 4 is 39.9 Å². The number of quaternary nitrogens is 1. The van der Waals surface area contributed by atoms with E-state index in [0.717, 1.165) is 40.6 Å². The minimum Gasteiger partial charge on any atom is -0.365 e. The summed E-state index contributed by atoms with van der Waals surface area (Å²) in [5.41, 5.74) is 7.76. The first-order valence-electron chi connectivity index (χ1n) is 9.23. The van der Waals surface area contributed by atoms with Crippen LogP contribution in [0.15, 0.2) is 29.2 Å². The highest BCUT2D eigenvalue weighted by Crippen LogP contribution is 2.35. The van der Waals surface area contributed by atoms with E-state index in [1.807, 2.05) is 18.2 Å². The van der Waals surface area contributed by atoms with Crippen LogP contribution in [0.5, 0.6) is 0 Å². The van der Waals surface area contributed by atoms with Gasteiger partial charge in [0.15, 0.2) is 0 Å². The summed E-state index contributed by atoms with van der Waals surface area (Å²) in [6.45, 7) is 8.33. The molecular weight excluding hydrogens is 378 g/mol. The van der Waals surface area contributed by atoms with Gasteiger partial charge in [0.25, 0.3) is 11.8 Å². The summed E-state index contributed by atoms with van der Waals surface area (Å²) in [5.74, 6) is 0.275. The molecule has 1 aromatic heterocycles. The average Bonchev–Trinajstić information content (AvgIpc) is 2.99. The van der Waals surface area contributed by atoms with E-state index in [9.17, 15) is 9.59 Å². The zero-order chi connectivity index (χ0) is 19.6. The van der Waals surface area contributed by atoms with Crippen LogP contribution in [0.25, 0.3) is 0 Å². The van der Waals surface area contributed by atoms with Gasteiger partial charge in [-0.3, -0.25) is 9.59 Å². The van der Waals surface area contributed by atoms with Gasteiger partial charge in [-0.1, -0.05) is 13.0 Å². The number of nitrogens with one attached hydrogen (secondary N) is 2. The largest absolute Gasteiger partial charge is 0.365 e. The maximum atomic E-state index is 12.8. The summed E-state index contributed by atoms with van der Waals surface area (Å²) in [5, 5.41) is 3.52. The van der Waals surface area contributed by atoms with E-state index in [0.29, 0.717) is 22.2 Å². The molecule has 0 bridgehead atoms. The van der Waals surface area contributed by atoms with Gasteiger partial charge in [-0.25, -0.2) is 0 Å². The predicted molar refractivity (Wildman–Crippen MR) is 112 cm³/mol. The Morgan fingerprint density at radius 3 is 2.81 bits per heavy atom. The molecule has 1 atom stereocenters. The van der Waals surface area contributed by atoms with Gasteiger partial charge in [0.05, 0.1) is 23.0 Å². The smallest absolute Gasteiger partial charge is 0.256 e. The number of fused-ring (bicyclic) bond motifs is 1. The Labute approximate surface area is 168 Å². The molecule has 1 aromatic carbocycles. The maximum absolute atomic E-state index is 12.8. The van der Waals surface area contributed by atoms with E-state index < -0.39 is 5.91 Å². The average molecular weight is 405 g/mol. The number of hydrogen-bond donors (Lipinski definition) is 3. The number of carbonyl (C=O) groups is 2. The van der Waals surface area contributed by atoms with Crippen molar-refractivity contribution in [3.8, 4) is 0 Å². The molecule has 0 saturated heterocycles. The minimum atomic E-state index is -0.467. The number of nitrogens with two attached hydrogens (primary N) is 1. The Morgan fingerprint density at radius 1 is 1.37 bits per heavy atom. The second-order valence-electron chi connectivity index (χ2n) is 6.98. The highest BCUT2D eigenvalue weighted by molar-refractivity contribution is 7.99. The molecule has 0 spiro atoms. The lowest BCUT2D eigenvalue weighted by Crippen LogP contribution is -3.14. The highest BCUT2D eigenvalue weighted by Gasteiger charge is 2.30. The molecule has 2 amide bonds. The second-order valence-corrected chi connectivity index (χ2v) is 9.42. The van der Waals surface area contributed by atoms with Crippen molar-refractivity contribution in [3.05, 3.63) is 45.8 Å². The maximum Gasteiger partial charge on any atom is 0.256 e. The standard InChI is InChI=1S/C20H25N3O2S2/c1-4-26-14-7-5-6-13(10-14)19(25)22-20-17(18(21)24)15-8-9-23(12(2)3)11-16(15)27-20/h5-7,10,12H,4,8-9,11H2,1-3H3,(H2,21,24)(H,22,25)/p+1. The second kappa shape index (κ2) is 8.46. The van der Waals surface area contributed by atoms with Gasteiger partial charge in [-0.05, 0) is 43.4 Å². The third-order valence-electron chi connectivity index (χ3n) is 4.87. The molecule has 0 fully saturated rings. The molecular formula is C20H26N3O2S2+. The molecule has 2 heterocycles. The van der Waals surface area contributed by atoms with E-state index >= 15 is 0 Å². The van der Waals surface area contributed by atoms with E-state index in [4.69, 9.17) is 5.73 Å². The van der Waals surface area contributed by atoms with Crippen molar-refractivity contribution in [1.82, 2.24) is 0 Å². The first-order chi connectivity index (χ1) is 12.9. The lowest BCUT2D eigenvalue weighted by molar-refractivity contribution is -0.936. The Hall–Kier alpha value is -1.83. The van der Waals surface area contributed by atoms with Crippen LogP contribution in [0.4, 0.5) is 5.00 Å². The third kappa shape index (κ3) is 4.36. The zero-order valence-corrected chi connectivity index (χ0v) is 17.6. The van der Waals surface area contributed by atoms with Crippen LogP contribution >= 0.6 is 23.1 Å². The summed E-state index contributed by atoms with van der Waals surface area (Å²) >= 11 is 3.18. The Bertz CT molecular complexity index is 861. The van der Waals surface area contributed by atoms with Crippen LogP contribution in [-0.2, 0) is 13.0 Å². The van der Waals surface area contributed by atoms with Crippen molar-refractivity contribution in [2.24, 2.45) is 5.73 Å². The molecule has 1 unspecified atom stereocenters. The van der Waals surface area contributed by atoms with Gasteiger partial charge in [-0.2, -0.15) is 0 Å². The third-order valence-corrected chi connectivity index (χ3v) is 6.89. The molecule has 7 heteroatoms. The number of primary amides is 1. The number of amides is 2. The van der Waals surface area contributed by atoms with Gasteiger partial charge in [0.1, 0.15) is 11.5 Å². The van der Waals surface area contributed by atoms with Crippen molar-refractivity contribution in [3.63, 3.8) is 0 Å². The molecule has 1 aliphatic rings. The van der Waals surface area contributed by atoms with E-state index in [2.05, 4.69) is 26.1 Å². The minimum absolute atomic E-state index is 0.206. The Balaban J connectivity index is 1.87. The number of hydrogen-bond acceptors (Lipinski definition) is 4. The van der Waals surface area contributed by atoms with Crippen LogP contribution in [0.2, 0.25) is 0 Å². The van der Waals surface area contributed by atoms with Crippen molar-refractivity contribution in [2.45, 2.75) is 44.7 Å². The van der Waals surface area contributed by atoms with Gasteiger partial charge < -0.3 is 16.0 Å².